The van der Waals surface area contributed by atoms with E-state index in [0.29, 0.717) is 12.5 Å². The normalized spacial score (nSPS) is 11.5. The second-order valence-corrected chi connectivity index (χ2v) is 6.10. The van der Waals surface area contributed by atoms with Gasteiger partial charge in [0.1, 0.15) is 0 Å². The van der Waals surface area contributed by atoms with Gasteiger partial charge in [0.15, 0.2) is 11.7 Å². The smallest absolute Gasteiger partial charge is 0.194 e. The van der Waals surface area contributed by atoms with Crippen LogP contribution in [0.1, 0.15) is 49.8 Å². The van der Waals surface area contributed by atoms with Gasteiger partial charge in [-0.2, -0.15) is 0 Å². The number of aromatic nitrogens is 2. The molecule has 0 aliphatic rings. The van der Waals surface area contributed by atoms with Crippen molar-refractivity contribution in [3.8, 4) is 0 Å². The molecule has 0 unspecified atom stereocenters. The lowest BCUT2D eigenvalue weighted by molar-refractivity contribution is 0.365. The fourth-order valence-corrected chi connectivity index (χ4v) is 2.84. The zero-order valence-electron chi connectivity index (χ0n) is 15.8. The Morgan fingerprint density at radius 1 is 1.40 bits per heavy atom. The molecule has 0 bridgehead atoms. The average Bonchev–Trinajstić information content (AvgIpc) is 3.19. The van der Waals surface area contributed by atoms with Gasteiger partial charge in [-0.3, -0.25) is 4.99 Å². The second kappa shape index (κ2) is 10.5. The van der Waals surface area contributed by atoms with Crippen molar-refractivity contribution in [1.82, 2.24) is 19.9 Å². The van der Waals surface area contributed by atoms with Gasteiger partial charge in [-0.15, -0.1) is 24.0 Å². The van der Waals surface area contributed by atoms with Crippen molar-refractivity contribution < 1.29 is 4.52 Å². The van der Waals surface area contributed by atoms with E-state index < -0.39 is 0 Å². The average molecular weight is 459 g/mol. The Labute approximate surface area is 167 Å². The molecule has 6 nitrogen and oxygen atoms in total. The van der Waals surface area contributed by atoms with Gasteiger partial charge in [-0.25, -0.2) is 0 Å². The molecule has 0 aromatic carbocycles. The van der Waals surface area contributed by atoms with E-state index >= 15 is 0 Å². The number of nitrogens with one attached hydrogen (secondary N) is 1. The third-order valence-corrected chi connectivity index (χ3v) is 4.43. The topological polar surface area (TPSA) is 58.6 Å². The molecule has 25 heavy (non-hydrogen) atoms. The van der Waals surface area contributed by atoms with Gasteiger partial charge in [0.2, 0.25) is 0 Å². The molecule has 2 aromatic heterocycles. The molecule has 0 aliphatic heterocycles. The molecule has 0 radical (unpaired) electrons. The number of hydrogen-bond acceptors (Lipinski definition) is 3. The number of halogens is 1. The SMILES string of the molecule is CCC(CC)c1cc(CNC(=NC)N(C)Cc2cccn2C)on1.I. The zero-order valence-corrected chi connectivity index (χ0v) is 18.2. The summed E-state index contributed by atoms with van der Waals surface area (Å²) >= 11 is 0. The maximum Gasteiger partial charge on any atom is 0.194 e. The lowest BCUT2D eigenvalue weighted by atomic mass is 9.99. The molecule has 0 fully saturated rings. The molecule has 2 aromatic rings. The minimum atomic E-state index is 0. The number of rotatable bonds is 7. The van der Waals surface area contributed by atoms with Crippen molar-refractivity contribution in [3.05, 3.63) is 41.5 Å². The number of guanidine groups is 1. The summed E-state index contributed by atoms with van der Waals surface area (Å²) in [7, 11) is 5.87. The number of nitrogens with zero attached hydrogens (tertiary/aromatic N) is 4. The molecule has 2 rings (SSSR count). The van der Waals surface area contributed by atoms with Crippen LogP contribution < -0.4 is 5.32 Å². The van der Waals surface area contributed by atoms with Crippen molar-refractivity contribution >= 4 is 29.9 Å². The molecule has 0 atom stereocenters. The summed E-state index contributed by atoms with van der Waals surface area (Å²) in [6, 6.07) is 6.21. The highest BCUT2D eigenvalue weighted by atomic mass is 127. The summed E-state index contributed by atoms with van der Waals surface area (Å²) in [6.45, 7) is 5.73. The van der Waals surface area contributed by atoms with Crippen LogP contribution in [0.4, 0.5) is 0 Å². The minimum absolute atomic E-state index is 0. The first-order valence-electron chi connectivity index (χ1n) is 8.56. The summed E-state index contributed by atoms with van der Waals surface area (Å²) in [5.41, 5.74) is 2.28. The first kappa shape index (κ1) is 21.5. The van der Waals surface area contributed by atoms with E-state index in [1.165, 1.54) is 5.69 Å². The lowest BCUT2D eigenvalue weighted by Gasteiger charge is -2.21. The zero-order chi connectivity index (χ0) is 17.5. The predicted octanol–water partition coefficient (Wildman–Crippen LogP) is 3.74. The van der Waals surface area contributed by atoms with Crippen LogP contribution in [0.15, 0.2) is 33.9 Å². The van der Waals surface area contributed by atoms with Gasteiger partial charge in [-0.1, -0.05) is 19.0 Å². The van der Waals surface area contributed by atoms with Gasteiger partial charge < -0.3 is 19.3 Å². The van der Waals surface area contributed by atoms with Crippen molar-refractivity contribution in [2.45, 2.75) is 45.7 Å². The van der Waals surface area contributed by atoms with Crippen molar-refractivity contribution in [1.29, 1.82) is 0 Å². The summed E-state index contributed by atoms with van der Waals surface area (Å²) in [6.07, 6.45) is 4.21. The Balaban J connectivity index is 0.00000312. The highest BCUT2D eigenvalue weighted by molar-refractivity contribution is 14.0. The van der Waals surface area contributed by atoms with E-state index in [1.54, 1.807) is 7.05 Å². The van der Waals surface area contributed by atoms with E-state index in [4.69, 9.17) is 4.52 Å². The Bertz CT molecular complexity index is 660. The van der Waals surface area contributed by atoms with Gasteiger partial charge in [0.25, 0.3) is 0 Å². The molecule has 0 saturated carbocycles. The van der Waals surface area contributed by atoms with Crippen LogP contribution in [-0.2, 0) is 20.1 Å². The van der Waals surface area contributed by atoms with Crippen molar-refractivity contribution in [2.24, 2.45) is 12.0 Å². The van der Waals surface area contributed by atoms with Crippen LogP contribution in [0.2, 0.25) is 0 Å². The first-order valence-corrected chi connectivity index (χ1v) is 8.56. The van der Waals surface area contributed by atoms with Gasteiger partial charge in [0, 0.05) is 45.0 Å². The van der Waals surface area contributed by atoms with Crippen LogP contribution in [0.25, 0.3) is 0 Å². The van der Waals surface area contributed by atoms with Crippen molar-refractivity contribution in [3.63, 3.8) is 0 Å². The Hall–Kier alpha value is -1.51. The molecule has 2 heterocycles. The molecule has 0 aliphatic carbocycles. The molecular formula is C18H30IN5O. The van der Waals surface area contributed by atoms with Crippen LogP contribution in [0.5, 0.6) is 0 Å². The number of aryl methyl sites for hydroxylation is 1. The first-order chi connectivity index (χ1) is 11.6. The molecule has 0 amide bonds. The van der Waals surface area contributed by atoms with E-state index in [1.807, 2.05) is 26.4 Å². The molecule has 1 N–H and O–H groups in total. The largest absolute Gasteiger partial charge is 0.359 e. The Morgan fingerprint density at radius 2 is 2.12 bits per heavy atom. The number of aliphatic imine (C=N–C) groups is 1. The Morgan fingerprint density at radius 3 is 2.68 bits per heavy atom. The number of hydrogen-bond donors (Lipinski definition) is 1. The molecular weight excluding hydrogens is 429 g/mol. The fourth-order valence-electron chi connectivity index (χ4n) is 2.84. The molecule has 0 spiro atoms. The van der Waals surface area contributed by atoms with E-state index in [0.717, 1.165) is 36.8 Å². The van der Waals surface area contributed by atoms with Crippen LogP contribution >= 0.6 is 24.0 Å². The molecule has 140 valence electrons. The quantitative estimate of drug-likeness (QED) is 0.390. The molecule has 0 saturated heterocycles. The van der Waals surface area contributed by atoms with E-state index in [-0.39, 0.29) is 24.0 Å². The van der Waals surface area contributed by atoms with E-state index in [2.05, 4.69) is 50.9 Å². The minimum Gasteiger partial charge on any atom is -0.359 e. The van der Waals surface area contributed by atoms with Crippen LogP contribution in [0, 0.1) is 0 Å². The maximum absolute atomic E-state index is 5.46. The van der Waals surface area contributed by atoms with Crippen LogP contribution in [0.3, 0.4) is 0 Å². The lowest BCUT2D eigenvalue weighted by Crippen LogP contribution is -2.38. The predicted molar refractivity (Wildman–Crippen MR) is 112 cm³/mol. The standard InChI is InChI=1S/C18H29N5O.HI/c1-6-14(7-2)17-11-16(24-21-17)12-20-18(19-3)23(5)13-15-9-8-10-22(15)4;/h8-11,14H,6-7,12-13H2,1-5H3,(H,19,20);1H. The summed E-state index contributed by atoms with van der Waals surface area (Å²) < 4.78 is 7.57. The molecule has 7 heteroatoms. The van der Waals surface area contributed by atoms with Gasteiger partial charge in [0.05, 0.1) is 18.8 Å². The summed E-state index contributed by atoms with van der Waals surface area (Å²) in [5, 5.41) is 7.55. The fraction of sp³-hybridized carbons (Fsp3) is 0.556. The van der Waals surface area contributed by atoms with Gasteiger partial charge in [-0.05, 0) is 25.0 Å². The Kier molecular flexibility index (Phi) is 9.02. The summed E-state index contributed by atoms with van der Waals surface area (Å²) in [4.78, 5) is 6.44. The highest BCUT2D eigenvalue weighted by Crippen LogP contribution is 2.22. The maximum atomic E-state index is 5.46. The second-order valence-electron chi connectivity index (χ2n) is 6.10. The monoisotopic (exact) mass is 459 g/mol. The van der Waals surface area contributed by atoms with Gasteiger partial charge >= 0.3 is 0 Å². The highest BCUT2D eigenvalue weighted by Gasteiger charge is 2.14. The van der Waals surface area contributed by atoms with Crippen molar-refractivity contribution in [2.75, 3.05) is 14.1 Å². The van der Waals surface area contributed by atoms with Crippen LogP contribution in [-0.4, -0.2) is 34.7 Å². The third kappa shape index (κ3) is 5.76. The third-order valence-electron chi connectivity index (χ3n) is 4.43. The summed E-state index contributed by atoms with van der Waals surface area (Å²) in [5.74, 6) is 2.14. The van der Waals surface area contributed by atoms with E-state index in [9.17, 15) is 0 Å².